The molecule has 112 valence electrons. The number of anilines is 1. The summed E-state index contributed by atoms with van der Waals surface area (Å²) < 4.78 is 27.7. The second-order valence-electron chi connectivity index (χ2n) is 4.84. The smallest absolute Gasteiger partial charge is 0.262 e. The first-order valence-corrected chi connectivity index (χ1v) is 8.29. The van der Waals surface area contributed by atoms with Gasteiger partial charge >= 0.3 is 0 Å². The Morgan fingerprint density at radius 3 is 2.48 bits per heavy atom. The van der Waals surface area contributed by atoms with Crippen LogP contribution < -0.4 is 10.5 Å². The van der Waals surface area contributed by atoms with Crippen LogP contribution >= 0.6 is 11.6 Å². The van der Waals surface area contributed by atoms with Crippen LogP contribution in [-0.2, 0) is 16.6 Å². The quantitative estimate of drug-likeness (QED) is 0.907. The van der Waals surface area contributed by atoms with E-state index in [9.17, 15) is 8.42 Å². The van der Waals surface area contributed by atoms with Gasteiger partial charge in [0, 0.05) is 6.54 Å². The summed E-state index contributed by atoms with van der Waals surface area (Å²) in [6.07, 6.45) is 0. The number of sulfonamides is 1. The molecule has 2 rings (SSSR count). The molecule has 0 atom stereocenters. The lowest BCUT2D eigenvalue weighted by molar-refractivity contribution is 0.600. The van der Waals surface area contributed by atoms with Crippen molar-refractivity contribution in [3.63, 3.8) is 0 Å². The highest BCUT2D eigenvalue weighted by atomic mass is 35.5. The first kappa shape index (κ1) is 15.8. The van der Waals surface area contributed by atoms with Crippen LogP contribution in [0, 0.1) is 13.8 Å². The third-order valence-electron chi connectivity index (χ3n) is 3.24. The minimum absolute atomic E-state index is 0.213. The molecular formula is C15H17ClN2O2S. The maximum absolute atomic E-state index is 12.6. The molecule has 0 radical (unpaired) electrons. The Morgan fingerprint density at radius 2 is 1.86 bits per heavy atom. The Hall–Kier alpha value is -1.56. The second-order valence-corrected chi connectivity index (χ2v) is 6.90. The molecule has 6 heteroatoms. The number of nitrogens with one attached hydrogen (secondary N) is 1. The van der Waals surface area contributed by atoms with E-state index in [2.05, 4.69) is 4.72 Å². The molecule has 0 aliphatic heterocycles. The minimum atomic E-state index is -3.71. The molecule has 0 aliphatic carbocycles. The highest BCUT2D eigenvalue weighted by Crippen LogP contribution is 2.28. The Balaban J connectivity index is 2.48. The summed E-state index contributed by atoms with van der Waals surface area (Å²) in [6, 6.07) is 10.4. The standard InChI is InChI=1S/C15H17ClN2O2S/c1-10-6-7-12(9-17)8-14(10)21(19,20)18-15-11(2)4-3-5-13(15)16/h3-8,18H,9,17H2,1-2H3. The summed E-state index contributed by atoms with van der Waals surface area (Å²) >= 11 is 6.07. The third kappa shape index (κ3) is 3.37. The maximum Gasteiger partial charge on any atom is 0.262 e. The molecule has 0 saturated heterocycles. The maximum atomic E-state index is 12.6. The fraction of sp³-hybridized carbons (Fsp3) is 0.200. The third-order valence-corrected chi connectivity index (χ3v) is 5.04. The Labute approximate surface area is 130 Å². The van der Waals surface area contributed by atoms with Crippen molar-refractivity contribution < 1.29 is 8.42 Å². The van der Waals surface area contributed by atoms with Gasteiger partial charge < -0.3 is 5.73 Å². The predicted molar refractivity (Wildman–Crippen MR) is 86.1 cm³/mol. The normalized spacial score (nSPS) is 11.4. The molecule has 3 N–H and O–H groups in total. The van der Waals surface area contributed by atoms with Gasteiger partial charge in [0.05, 0.1) is 15.6 Å². The average molecular weight is 325 g/mol. The number of hydrogen-bond acceptors (Lipinski definition) is 3. The molecule has 0 bridgehead atoms. The number of halogens is 1. The van der Waals surface area contributed by atoms with E-state index >= 15 is 0 Å². The molecule has 0 amide bonds. The molecule has 2 aromatic carbocycles. The van der Waals surface area contributed by atoms with Crippen molar-refractivity contribution in [1.82, 2.24) is 0 Å². The highest BCUT2D eigenvalue weighted by molar-refractivity contribution is 7.92. The van der Waals surface area contributed by atoms with Gasteiger partial charge in [-0.05, 0) is 42.7 Å². The van der Waals surface area contributed by atoms with Crippen molar-refractivity contribution in [2.24, 2.45) is 5.73 Å². The van der Waals surface area contributed by atoms with Gasteiger partial charge in [-0.1, -0.05) is 35.9 Å². The van der Waals surface area contributed by atoms with Crippen LogP contribution in [0.1, 0.15) is 16.7 Å². The largest absolute Gasteiger partial charge is 0.326 e. The zero-order valence-corrected chi connectivity index (χ0v) is 13.4. The number of nitrogens with two attached hydrogens (primary N) is 1. The molecule has 0 saturated carbocycles. The summed E-state index contributed by atoms with van der Waals surface area (Å²) in [4.78, 5) is 0.213. The lowest BCUT2D eigenvalue weighted by Gasteiger charge is -2.14. The highest BCUT2D eigenvalue weighted by Gasteiger charge is 2.19. The van der Waals surface area contributed by atoms with Gasteiger partial charge in [-0.25, -0.2) is 8.42 Å². The van der Waals surface area contributed by atoms with E-state index in [1.807, 2.05) is 6.07 Å². The molecule has 21 heavy (non-hydrogen) atoms. The van der Waals surface area contributed by atoms with Gasteiger partial charge in [0.15, 0.2) is 0 Å². The van der Waals surface area contributed by atoms with E-state index in [0.717, 1.165) is 11.1 Å². The summed E-state index contributed by atoms with van der Waals surface area (Å²) in [5, 5.41) is 0.367. The van der Waals surface area contributed by atoms with E-state index in [1.165, 1.54) is 0 Å². The molecule has 0 unspecified atom stereocenters. The van der Waals surface area contributed by atoms with Gasteiger partial charge in [0.1, 0.15) is 0 Å². The molecule has 0 aromatic heterocycles. The molecule has 0 aliphatic rings. The van der Waals surface area contributed by atoms with Crippen molar-refractivity contribution in [1.29, 1.82) is 0 Å². The minimum Gasteiger partial charge on any atom is -0.326 e. The van der Waals surface area contributed by atoms with Gasteiger partial charge in [0.25, 0.3) is 10.0 Å². The fourth-order valence-corrected chi connectivity index (χ4v) is 3.78. The number of rotatable bonds is 4. The summed E-state index contributed by atoms with van der Waals surface area (Å²) in [6.45, 7) is 3.83. The van der Waals surface area contributed by atoms with Crippen LogP contribution in [0.15, 0.2) is 41.3 Å². The number of para-hydroxylation sites is 1. The molecule has 2 aromatic rings. The Bertz CT molecular complexity index is 753. The Morgan fingerprint density at radius 1 is 1.14 bits per heavy atom. The van der Waals surface area contributed by atoms with E-state index in [0.29, 0.717) is 16.3 Å². The molecule has 4 nitrogen and oxygen atoms in total. The molecule has 0 fully saturated rings. The van der Waals surface area contributed by atoms with Crippen LogP contribution in [0.25, 0.3) is 0 Å². The second kappa shape index (κ2) is 6.05. The summed E-state index contributed by atoms with van der Waals surface area (Å²) in [5.41, 5.74) is 8.16. The monoisotopic (exact) mass is 324 g/mol. The van der Waals surface area contributed by atoms with Gasteiger partial charge in [-0.15, -0.1) is 0 Å². The summed E-state index contributed by atoms with van der Waals surface area (Å²) in [5.74, 6) is 0. The number of hydrogen-bond donors (Lipinski definition) is 2. The van der Waals surface area contributed by atoms with Crippen LogP contribution in [0.3, 0.4) is 0 Å². The lowest BCUT2D eigenvalue weighted by Crippen LogP contribution is -2.16. The van der Waals surface area contributed by atoms with Crippen LogP contribution in [0.4, 0.5) is 5.69 Å². The lowest BCUT2D eigenvalue weighted by atomic mass is 10.1. The fourth-order valence-electron chi connectivity index (χ4n) is 2.01. The molecule has 0 spiro atoms. The van der Waals surface area contributed by atoms with E-state index in [-0.39, 0.29) is 11.4 Å². The zero-order chi connectivity index (χ0) is 15.6. The molecule has 0 heterocycles. The predicted octanol–water partition coefficient (Wildman–Crippen LogP) is 3.22. The van der Waals surface area contributed by atoms with Crippen molar-refractivity contribution >= 4 is 27.3 Å². The van der Waals surface area contributed by atoms with E-state index < -0.39 is 10.0 Å². The topological polar surface area (TPSA) is 72.2 Å². The van der Waals surface area contributed by atoms with E-state index in [1.54, 1.807) is 44.2 Å². The van der Waals surface area contributed by atoms with Crippen LogP contribution in [0.5, 0.6) is 0 Å². The number of benzene rings is 2. The first-order chi connectivity index (χ1) is 9.85. The Kier molecular flexibility index (Phi) is 4.56. The SMILES string of the molecule is Cc1ccc(CN)cc1S(=O)(=O)Nc1c(C)cccc1Cl. The average Bonchev–Trinajstić information content (AvgIpc) is 2.43. The van der Waals surface area contributed by atoms with Gasteiger partial charge in [0.2, 0.25) is 0 Å². The first-order valence-electron chi connectivity index (χ1n) is 6.42. The van der Waals surface area contributed by atoms with Crippen molar-refractivity contribution in [3.05, 3.63) is 58.1 Å². The van der Waals surface area contributed by atoms with Crippen molar-refractivity contribution in [3.8, 4) is 0 Å². The van der Waals surface area contributed by atoms with Gasteiger partial charge in [-0.2, -0.15) is 0 Å². The van der Waals surface area contributed by atoms with E-state index in [4.69, 9.17) is 17.3 Å². The summed E-state index contributed by atoms with van der Waals surface area (Å²) in [7, 11) is -3.71. The van der Waals surface area contributed by atoms with Crippen LogP contribution in [0.2, 0.25) is 5.02 Å². The van der Waals surface area contributed by atoms with Crippen molar-refractivity contribution in [2.45, 2.75) is 25.3 Å². The zero-order valence-electron chi connectivity index (χ0n) is 11.9. The van der Waals surface area contributed by atoms with Crippen LogP contribution in [-0.4, -0.2) is 8.42 Å². The molecular weight excluding hydrogens is 308 g/mol. The van der Waals surface area contributed by atoms with Gasteiger partial charge in [-0.3, -0.25) is 4.72 Å². The van der Waals surface area contributed by atoms with Crippen molar-refractivity contribution in [2.75, 3.05) is 4.72 Å². The number of aryl methyl sites for hydroxylation is 2.